The summed E-state index contributed by atoms with van der Waals surface area (Å²) in [6.45, 7) is 4.13. The second-order valence-corrected chi connectivity index (χ2v) is 7.61. The molecular formula is C22H29F. The van der Waals surface area contributed by atoms with Crippen LogP contribution >= 0.6 is 0 Å². The molecule has 0 nitrogen and oxygen atoms in total. The lowest BCUT2D eigenvalue weighted by Crippen LogP contribution is -2.12. The van der Waals surface area contributed by atoms with Gasteiger partial charge in [-0.05, 0) is 86.3 Å². The largest absolute Gasteiger partial charge is 0.207 e. The first kappa shape index (κ1) is 16.5. The predicted molar refractivity (Wildman–Crippen MR) is 96.0 cm³/mol. The van der Waals surface area contributed by atoms with Gasteiger partial charge in [-0.15, -0.1) is 0 Å². The zero-order valence-corrected chi connectivity index (χ0v) is 14.5. The van der Waals surface area contributed by atoms with Crippen molar-refractivity contribution in [3.05, 3.63) is 59.4 Å². The molecule has 3 rings (SSSR count). The Morgan fingerprint density at radius 1 is 0.957 bits per heavy atom. The molecule has 0 bridgehead atoms. The van der Waals surface area contributed by atoms with Gasteiger partial charge in [-0.3, -0.25) is 0 Å². The van der Waals surface area contributed by atoms with Crippen LogP contribution in [-0.4, -0.2) is 0 Å². The molecule has 0 aliphatic heterocycles. The smallest absolute Gasteiger partial charge is 0.126 e. The van der Waals surface area contributed by atoms with E-state index in [1.807, 2.05) is 13.0 Å². The fourth-order valence-corrected chi connectivity index (χ4v) is 3.95. The molecular weight excluding hydrogens is 283 g/mol. The molecule has 2 atom stereocenters. The second kappa shape index (κ2) is 7.47. The van der Waals surface area contributed by atoms with Crippen molar-refractivity contribution in [2.24, 2.45) is 17.8 Å². The van der Waals surface area contributed by atoms with Crippen LogP contribution in [0.4, 0.5) is 4.39 Å². The number of allylic oxidation sites excluding steroid dienone is 4. The van der Waals surface area contributed by atoms with E-state index in [2.05, 4.69) is 37.3 Å². The summed E-state index contributed by atoms with van der Waals surface area (Å²) in [5.74, 6) is 2.61. The Morgan fingerprint density at radius 3 is 2.39 bits per heavy atom. The minimum absolute atomic E-state index is 0.0529. The summed E-state index contributed by atoms with van der Waals surface area (Å²) in [4.78, 5) is 0. The average molecular weight is 312 g/mol. The molecule has 0 saturated heterocycles. The molecule has 23 heavy (non-hydrogen) atoms. The minimum atomic E-state index is -0.0529. The number of halogens is 1. The fraction of sp³-hybridized carbons (Fsp3) is 0.545. The van der Waals surface area contributed by atoms with Crippen molar-refractivity contribution < 1.29 is 4.39 Å². The topological polar surface area (TPSA) is 0 Å². The van der Waals surface area contributed by atoms with E-state index in [4.69, 9.17) is 0 Å². The monoisotopic (exact) mass is 312 g/mol. The van der Waals surface area contributed by atoms with Crippen molar-refractivity contribution in [1.82, 2.24) is 0 Å². The van der Waals surface area contributed by atoms with E-state index in [1.165, 1.54) is 44.1 Å². The van der Waals surface area contributed by atoms with Crippen LogP contribution in [0, 0.1) is 30.5 Å². The fourth-order valence-electron chi connectivity index (χ4n) is 3.95. The molecule has 1 aromatic rings. The van der Waals surface area contributed by atoms with E-state index in [1.54, 1.807) is 6.07 Å². The Kier molecular flexibility index (Phi) is 5.35. The summed E-state index contributed by atoms with van der Waals surface area (Å²) in [6.07, 6.45) is 17.1. The third-order valence-corrected chi connectivity index (χ3v) is 5.71. The van der Waals surface area contributed by atoms with Crippen LogP contribution < -0.4 is 0 Å². The van der Waals surface area contributed by atoms with E-state index >= 15 is 0 Å². The molecule has 124 valence electrons. The Labute approximate surface area is 140 Å². The summed E-state index contributed by atoms with van der Waals surface area (Å²) in [5, 5.41) is 0. The molecule has 0 radical (unpaired) electrons. The Hall–Kier alpha value is -1.37. The standard InChI is InChI=1S/C22H29F/c1-16-3-6-18(7-4-16)8-9-19-10-13-20(14-11-19)21-12-5-17(2)22(23)15-21/h3,5-6,8-9,12,15-16,18-20H,4,7,10-11,13-14H2,1-2H3/b9-8+. The maximum atomic E-state index is 13.7. The van der Waals surface area contributed by atoms with Crippen LogP contribution in [0.3, 0.4) is 0 Å². The number of benzene rings is 1. The van der Waals surface area contributed by atoms with Gasteiger partial charge in [-0.1, -0.05) is 43.4 Å². The quantitative estimate of drug-likeness (QED) is 0.554. The molecule has 0 N–H and O–H groups in total. The van der Waals surface area contributed by atoms with E-state index < -0.39 is 0 Å². The highest BCUT2D eigenvalue weighted by Gasteiger charge is 2.21. The lowest BCUT2D eigenvalue weighted by molar-refractivity contribution is 0.373. The zero-order valence-electron chi connectivity index (χ0n) is 14.5. The molecule has 1 heteroatoms. The average Bonchev–Trinajstić information content (AvgIpc) is 2.57. The lowest BCUT2D eigenvalue weighted by atomic mass is 9.78. The SMILES string of the molecule is Cc1ccc(C2CCC(/C=C/C3C=CC(C)CC3)CC2)cc1F. The highest BCUT2D eigenvalue weighted by atomic mass is 19.1. The Morgan fingerprint density at radius 2 is 1.74 bits per heavy atom. The van der Waals surface area contributed by atoms with Crippen molar-refractivity contribution in [3.8, 4) is 0 Å². The third kappa shape index (κ3) is 4.34. The van der Waals surface area contributed by atoms with Crippen LogP contribution in [-0.2, 0) is 0 Å². The van der Waals surface area contributed by atoms with Gasteiger partial charge < -0.3 is 0 Å². The minimum Gasteiger partial charge on any atom is -0.207 e. The van der Waals surface area contributed by atoms with E-state index in [0.717, 1.165) is 11.5 Å². The molecule has 2 unspecified atom stereocenters. The Bertz CT molecular complexity index is 576. The molecule has 1 saturated carbocycles. The normalized spacial score (nSPS) is 31.6. The zero-order chi connectivity index (χ0) is 16.2. The molecule has 0 spiro atoms. The van der Waals surface area contributed by atoms with Gasteiger partial charge in [-0.25, -0.2) is 4.39 Å². The van der Waals surface area contributed by atoms with Crippen molar-refractivity contribution in [1.29, 1.82) is 0 Å². The van der Waals surface area contributed by atoms with Crippen molar-refractivity contribution >= 4 is 0 Å². The van der Waals surface area contributed by atoms with Crippen LogP contribution in [0.15, 0.2) is 42.5 Å². The maximum absolute atomic E-state index is 13.7. The lowest BCUT2D eigenvalue weighted by Gasteiger charge is -2.27. The van der Waals surface area contributed by atoms with Crippen LogP contribution in [0.2, 0.25) is 0 Å². The van der Waals surface area contributed by atoms with Crippen LogP contribution in [0.1, 0.15) is 62.5 Å². The van der Waals surface area contributed by atoms with E-state index in [-0.39, 0.29) is 5.82 Å². The number of hydrogen-bond acceptors (Lipinski definition) is 0. The first-order chi connectivity index (χ1) is 11.1. The summed E-state index contributed by atoms with van der Waals surface area (Å²) in [6, 6.07) is 5.80. The van der Waals surface area contributed by atoms with Gasteiger partial charge in [0.25, 0.3) is 0 Å². The number of aryl methyl sites for hydroxylation is 1. The highest BCUT2D eigenvalue weighted by Crippen LogP contribution is 2.37. The molecule has 0 aromatic heterocycles. The number of rotatable bonds is 3. The van der Waals surface area contributed by atoms with Gasteiger partial charge in [0.15, 0.2) is 0 Å². The van der Waals surface area contributed by atoms with Gasteiger partial charge in [0.1, 0.15) is 5.82 Å². The second-order valence-electron chi connectivity index (χ2n) is 7.61. The van der Waals surface area contributed by atoms with Crippen molar-refractivity contribution in [3.63, 3.8) is 0 Å². The van der Waals surface area contributed by atoms with Crippen molar-refractivity contribution in [2.75, 3.05) is 0 Å². The predicted octanol–water partition coefficient (Wildman–Crippen LogP) is 6.57. The molecule has 2 aliphatic rings. The van der Waals surface area contributed by atoms with Crippen LogP contribution in [0.25, 0.3) is 0 Å². The van der Waals surface area contributed by atoms with E-state index in [0.29, 0.717) is 17.8 Å². The third-order valence-electron chi connectivity index (χ3n) is 5.71. The molecule has 2 aliphatic carbocycles. The van der Waals surface area contributed by atoms with Gasteiger partial charge in [0.2, 0.25) is 0 Å². The van der Waals surface area contributed by atoms with Gasteiger partial charge in [0, 0.05) is 0 Å². The molecule has 1 fully saturated rings. The summed E-state index contributed by atoms with van der Waals surface area (Å²) in [5.41, 5.74) is 1.94. The van der Waals surface area contributed by atoms with Crippen LogP contribution in [0.5, 0.6) is 0 Å². The van der Waals surface area contributed by atoms with E-state index in [9.17, 15) is 4.39 Å². The Balaban J connectivity index is 1.52. The highest BCUT2D eigenvalue weighted by molar-refractivity contribution is 5.26. The van der Waals surface area contributed by atoms with Gasteiger partial charge >= 0.3 is 0 Å². The summed E-state index contributed by atoms with van der Waals surface area (Å²) >= 11 is 0. The van der Waals surface area contributed by atoms with Gasteiger partial charge in [-0.2, -0.15) is 0 Å². The summed E-state index contributed by atoms with van der Waals surface area (Å²) < 4.78 is 13.7. The molecule has 0 amide bonds. The van der Waals surface area contributed by atoms with Crippen molar-refractivity contribution in [2.45, 2.75) is 58.3 Å². The number of hydrogen-bond donors (Lipinski definition) is 0. The molecule has 0 heterocycles. The molecule has 1 aromatic carbocycles. The first-order valence-electron chi connectivity index (χ1n) is 9.24. The van der Waals surface area contributed by atoms with Gasteiger partial charge in [0.05, 0.1) is 0 Å². The summed E-state index contributed by atoms with van der Waals surface area (Å²) in [7, 11) is 0. The maximum Gasteiger partial charge on any atom is 0.126 e. The first-order valence-corrected chi connectivity index (χ1v) is 9.24.